The topological polar surface area (TPSA) is 129 Å². The van der Waals surface area contributed by atoms with Gasteiger partial charge in [0.1, 0.15) is 5.92 Å². The molecule has 0 fully saturated rings. The van der Waals surface area contributed by atoms with Crippen LogP contribution >= 0.6 is 0 Å². The van der Waals surface area contributed by atoms with Crippen molar-refractivity contribution in [1.29, 1.82) is 0 Å². The molecule has 0 spiro atoms. The highest BCUT2D eigenvalue weighted by atomic mass is 19.4. The normalized spacial score (nSPS) is 11.4. The fourth-order valence-electron chi connectivity index (χ4n) is 1.66. The Bertz CT molecular complexity index is 570. The Labute approximate surface area is 110 Å². The van der Waals surface area contributed by atoms with Gasteiger partial charge in [-0.2, -0.15) is 13.2 Å². The summed E-state index contributed by atoms with van der Waals surface area (Å²) in [5.41, 5.74) is 12.4. The average Bonchev–Trinajstić information content (AvgIpc) is 2.26. The fraction of sp³-hybridized carbons (Fsp3) is 0.182. The first-order valence-electron chi connectivity index (χ1n) is 5.15. The van der Waals surface area contributed by atoms with Crippen LogP contribution < -0.4 is 17.2 Å². The van der Waals surface area contributed by atoms with Gasteiger partial charge in [0.25, 0.3) is 0 Å². The van der Waals surface area contributed by atoms with Crippen LogP contribution in [-0.4, -0.2) is 17.7 Å². The molecule has 0 aromatic heterocycles. The minimum atomic E-state index is -4.81. The van der Waals surface area contributed by atoms with E-state index in [0.29, 0.717) is 12.1 Å². The molecule has 6 N–H and O–H groups in total. The van der Waals surface area contributed by atoms with E-state index in [1.165, 1.54) is 0 Å². The maximum atomic E-state index is 12.7. The zero-order valence-electron chi connectivity index (χ0n) is 9.90. The Morgan fingerprint density at radius 3 is 1.85 bits per heavy atom. The summed E-state index contributed by atoms with van der Waals surface area (Å²) in [7, 11) is 0. The molecule has 0 heterocycles. The van der Waals surface area contributed by atoms with E-state index in [1.54, 1.807) is 0 Å². The van der Waals surface area contributed by atoms with Gasteiger partial charge < -0.3 is 17.2 Å². The molecule has 0 aliphatic heterocycles. The van der Waals surface area contributed by atoms with Gasteiger partial charge in [-0.1, -0.05) is 6.07 Å². The van der Waals surface area contributed by atoms with Crippen molar-refractivity contribution in [2.45, 2.75) is 12.1 Å². The molecular formula is C11H10F3N3O3. The molecule has 0 aliphatic carbocycles. The molecule has 0 bridgehead atoms. The summed E-state index contributed by atoms with van der Waals surface area (Å²) in [4.78, 5) is 33.2. The Morgan fingerprint density at radius 1 is 1.00 bits per heavy atom. The third-order valence-corrected chi connectivity index (χ3v) is 2.52. The van der Waals surface area contributed by atoms with Crippen molar-refractivity contribution in [3.05, 3.63) is 34.9 Å². The Kier molecular flexibility index (Phi) is 4.02. The smallest absolute Gasteiger partial charge is 0.369 e. The Hall–Kier alpha value is -2.58. The van der Waals surface area contributed by atoms with Crippen LogP contribution in [0.3, 0.4) is 0 Å². The zero-order chi connectivity index (χ0) is 15.7. The molecule has 0 saturated carbocycles. The molecule has 0 radical (unpaired) electrons. The predicted molar refractivity (Wildman–Crippen MR) is 61.1 cm³/mol. The summed E-state index contributed by atoms with van der Waals surface area (Å²) >= 11 is 0. The van der Waals surface area contributed by atoms with E-state index < -0.39 is 40.9 Å². The third kappa shape index (κ3) is 3.05. The number of carbonyl (C=O) groups is 3. The SMILES string of the molecule is NC(=O)c1cc(C(C(N)=O)C(N)=O)ccc1C(F)(F)F. The van der Waals surface area contributed by atoms with Crippen molar-refractivity contribution in [3.8, 4) is 0 Å². The van der Waals surface area contributed by atoms with Crippen molar-refractivity contribution in [2.24, 2.45) is 17.2 Å². The molecule has 0 saturated heterocycles. The number of halogens is 3. The molecule has 20 heavy (non-hydrogen) atoms. The zero-order valence-corrected chi connectivity index (χ0v) is 9.90. The summed E-state index contributed by atoms with van der Waals surface area (Å²) in [6.07, 6.45) is -4.81. The highest BCUT2D eigenvalue weighted by Crippen LogP contribution is 2.33. The van der Waals surface area contributed by atoms with Gasteiger partial charge >= 0.3 is 6.18 Å². The highest BCUT2D eigenvalue weighted by molar-refractivity contribution is 6.05. The number of rotatable bonds is 4. The first-order valence-corrected chi connectivity index (χ1v) is 5.15. The predicted octanol–water partition coefficient (Wildman–Crippen LogP) is -0.142. The number of benzene rings is 1. The van der Waals surface area contributed by atoms with Crippen LogP contribution in [0.5, 0.6) is 0 Å². The van der Waals surface area contributed by atoms with Crippen LogP contribution in [0.25, 0.3) is 0 Å². The van der Waals surface area contributed by atoms with Crippen LogP contribution in [0.15, 0.2) is 18.2 Å². The number of hydrogen-bond acceptors (Lipinski definition) is 3. The van der Waals surface area contributed by atoms with E-state index in [2.05, 4.69) is 0 Å². The quantitative estimate of drug-likeness (QED) is 0.667. The van der Waals surface area contributed by atoms with Crippen LogP contribution in [-0.2, 0) is 15.8 Å². The summed E-state index contributed by atoms with van der Waals surface area (Å²) in [5.74, 6) is -5.29. The minimum Gasteiger partial charge on any atom is -0.369 e. The van der Waals surface area contributed by atoms with E-state index in [0.717, 1.165) is 6.07 Å². The molecule has 1 aromatic carbocycles. The van der Waals surface area contributed by atoms with Gasteiger partial charge in [-0.3, -0.25) is 14.4 Å². The van der Waals surface area contributed by atoms with Crippen molar-refractivity contribution in [2.75, 3.05) is 0 Å². The molecule has 6 nitrogen and oxygen atoms in total. The second-order valence-electron chi connectivity index (χ2n) is 3.90. The molecule has 1 rings (SSSR count). The first-order chi connectivity index (χ1) is 9.05. The van der Waals surface area contributed by atoms with Gasteiger partial charge in [0.05, 0.1) is 11.1 Å². The van der Waals surface area contributed by atoms with Crippen LogP contribution in [0.4, 0.5) is 13.2 Å². The van der Waals surface area contributed by atoms with Gasteiger partial charge in [0.15, 0.2) is 0 Å². The molecule has 0 unspecified atom stereocenters. The number of alkyl halides is 3. The molecule has 0 aliphatic rings. The van der Waals surface area contributed by atoms with Crippen LogP contribution in [0.1, 0.15) is 27.4 Å². The molecule has 1 aromatic rings. The maximum absolute atomic E-state index is 12.7. The molecule has 9 heteroatoms. The maximum Gasteiger partial charge on any atom is 0.417 e. The van der Waals surface area contributed by atoms with E-state index in [1.807, 2.05) is 0 Å². The number of amides is 3. The molecule has 108 valence electrons. The second kappa shape index (κ2) is 5.19. The largest absolute Gasteiger partial charge is 0.417 e. The summed E-state index contributed by atoms with van der Waals surface area (Å²) in [6.45, 7) is 0. The van der Waals surface area contributed by atoms with E-state index >= 15 is 0 Å². The number of primary amides is 3. The van der Waals surface area contributed by atoms with Crippen molar-refractivity contribution in [3.63, 3.8) is 0 Å². The fourth-order valence-corrected chi connectivity index (χ4v) is 1.66. The molecule has 3 amide bonds. The monoisotopic (exact) mass is 289 g/mol. The van der Waals surface area contributed by atoms with E-state index in [-0.39, 0.29) is 5.56 Å². The van der Waals surface area contributed by atoms with Crippen molar-refractivity contribution >= 4 is 17.7 Å². The van der Waals surface area contributed by atoms with Crippen molar-refractivity contribution < 1.29 is 27.6 Å². The standard InChI is InChI=1S/C11H10F3N3O3/c12-11(13,14)6-2-1-4(3-5(6)8(15)18)7(9(16)19)10(17)20/h1-3,7H,(H2,15,18)(H2,16,19)(H2,17,20). The number of nitrogens with two attached hydrogens (primary N) is 3. The lowest BCUT2D eigenvalue weighted by Gasteiger charge is -2.15. The molecule has 0 atom stereocenters. The summed E-state index contributed by atoms with van der Waals surface area (Å²) in [6, 6.07) is 2.06. The van der Waals surface area contributed by atoms with Crippen LogP contribution in [0, 0.1) is 0 Å². The Balaban J connectivity index is 3.48. The first kappa shape index (κ1) is 15.5. The van der Waals surface area contributed by atoms with Gasteiger partial charge in [0, 0.05) is 0 Å². The summed E-state index contributed by atoms with van der Waals surface area (Å²) < 4.78 is 38.0. The lowest BCUT2D eigenvalue weighted by atomic mass is 9.93. The number of hydrogen-bond donors (Lipinski definition) is 3. The lowest BCUT2D eigenvalue weighted by Crippen LogP contribution is -2.33. The van der Waals surface area contributed by atoms with E-state index in [9.17, 15) is 27.6 Å². The minimum absolute atomic E-state index is 0.230. The molecular weight excluding hydrogens is 279 g/mol. The van der Waals surface area contributed by atoms with Gasteiger partial charge in [-0.25, -0.2) is 0 Å². The third-order valence-electron chi connectivity index (χ3n) is 2.52. The van der Waals surface area contributed by atoms with Crippen molar-refractivity contribution in [1.82, 2.24) is 0 Å². The lowest BCUT2D eigenvalue weighted by molar-refractivity contribution is -0.138. The summed E-state index contributed by atoms with van der Waals surface area (Å²) in [5, 5.41) is 0. The van der Waals surface area contributed by atoms with Gasteiger partial charge in [0.2, 0.25) is 17.7 Å². The second-order valence-corrected chi connectivity index (χ2v) is 3.90. The number of carbonyl (C=O) groups excluding carboxylic acids is 3. The highest BCUT2D eigenvalue weighted by Gasteiger charge is 2.36. The van der Waals surface area contributed by atoms with Gasteiger partial charge in [-0.15, -0.1) is 0 Å². The Morgan fingerprint density at radius 2 is 1.50 bits per heavy atom. The van der Waals surface area contributed by atoms with E-state index in [4.69, 9.17) is 17.2 Å². The van der Waals surface area contributed by atoms with Crippen LogP contribution in [0.2, 0.25) is 0 Å². The average molecular weight is 289 g/mol. The van der Waals surface area contributed by atoms with Gasteiger partial charge in [-0.05, 0) is 17.7 Å².